The van der Waals surface area contributed by atoms with Gasteiger partial charge in [-0.15, -0.1) is 0 Å². The molecule has 6 heterocycles. The van der Waals surface area contributed by atoms with E-state index < -0.39 is 46.9 Å². The first-order valence-corrected chi connectivity index (χ1v) is 20.8. The predicted octanol–water partition coefficient (Wildman–Crippen LogP) is 6.13. The summed E-state index contributed by atoms with van der Waals surface area (Å²) in [6.07, 6.45) is 4.63. The van der Waals surface area contributed by atoms with Crippen molar-refractivity contribution < 1.29 is 28.9 Å². The zero-order valence-electron chi connectivity index (χ0n) is 34.2. The number of carbonyl (C=O) groups excluding carboxylic acids is 2. The zero-order valence-corrected chi connectivity index (χ0v) is 34.2. The lowest BCUT2D eigenvalue weighted by molar-refractivity contribution is 0.0595. The first kappa shape index (κ1) is 38.7. The van der Waals surface area contributed by atoms with Gasteiger partial charge in [-0.25, -0.2) is 0 Å². The zero-order chi connectivity index (χ0) is 42.6. The Balaban J connectivity index is 1.13. The van der Waals surface area contributed by atoms with Crippen LogP contribution in [-0.2, 0) is 0 Å². The van der Waals surface area contributed by atoms with Crippen LogP contribution in [0.25, 0.3) is 0 Å². The number of carbonyl (C=O) groups is 2. The molecular weight excluding hydrogens is 789 g/mol. The van der Waals surface area contributed by atoms with Crippen LogP contribution < -0.4 is 35.1 Å². The van der Waals surface area contributed by atoms with Gasteiger partial charge in [0.05, 0.1) is 13.2 Å². The maximum absolute atomic E-state index is 14.7. The normalized spacial score (nSPS) is 20.7. The monoisotopic (exact) mass is 832 g/mol. The molecule has 6 aromatic rings. The lowest BCUT2D eigenvalue weighted by Gasteiger charge is -2.49. The van der Waals surface area contributed by atoms with Crippen molar-refractivity contribution in [2.75, 3.05) is 37.3 Å². The molecule has 4 atom stereocenters. The number of aromatic hydroxyl groups is 1. The molecule has 0 saturated carbocycles. The number of hydrogen-bond donors (Lipinski definition) is 1. The summed E-state index contributed by atoms with van der Waals surface area (Å²) in [6, 6.07) is 34.4. The second-order valence-corrected chi connectivity index (χ2v) is 15.9. The molecule has 14 heteroatoms. The molecule has 4 aromatic carbocycles. The quantitative estimate of drug-likeness (QED) is 0.221. The Hall–Kier alpha value is -7.48. The van der Waals surface area contributed by atoms with Gasteiger partial charge in [-0.3, -0.25) is 38.5 Å². The summed E-state index contributed by atoms with van der Waals surface area (Å²) in [6.45, 7) is 0.870. The molecule has 0 spiro atoms. The van der Waals surface area contributed by atoms with Crippen LogP contribution in [0.2, 0.25) is 0 Å². The van der Waals surface area contributed by atoms with Crippen LogP contribution >= 0.6 is 0 Å². The van der Waals surface area contributed by atoms with Gasteiger partial charge in [0.1, 0.15) is 41.7 Å². The molecule has 4 aliphatic rings. The van der Waals surface area contributed by atoms with Gasteiger partial charge in [0.2, 0.25) is 16.6 Å². The molecular formula is C48H44N6O8. The summed E-state index contributed by atoms with van der Waals surface area (Å²) >= 11 is 0. The number of hydrogen-bond acceptors (Lipinski definition) is 10. The highest BCUT2D eigenvalue weighted by atomic mass is 16.5. The third kappa shape index (κ3) is 6.32. The topological polar surface area (TPSA) is 139 Å². The Morgan fingerprint density at radius 2 is 1.10 bits per heavy atom. The third-order valence-corrected chi connectivity index (χ3v) is 12.3. The summed E-state index contributed by atoms with van der Waals surface area (Å²) in [4.78, 5) is 58.6. The van der Waals surface area contributed by atoms with E-state index in [4.69, 9.17) is 14.2 Å². The van der Waals surface area contributed by atoms with E-state index in [2.05, 4.69) is 17.1 Å². The number of ether oxygens (including phenoxy) is 3. The van der Waals surface area contributed by atoms with E-state index in [9.17, 15) is 24.3 Å². The van der Waals surface area contributed by atoms with Crippen LogP contribution in [0.4, 0.5) is 0 Å². The number of aromatic nitrogens is 2. The van der Waals surface area contributed by atoms with Gasteiger partial charge in [0.15, 0.2) is 17.1 Å². The van der Waals surface area contributed by atoms with Crippen LogP contribution in [0.15, 0.2) is 137 Å². The standard InChI is InChI=1S/C48H44N6O8/c1-49-39-21-11-28-61-38-20-9-7-18-34(38)42(54(39)51-25-23-35(55)45(57)43(51)47(49)58)31-15-10-16-32(29-31)62-46-36(56)24-26-52-44(46)48(59)50(2)40-22-12-27-60-37-19-8-6-17-33(37)41(53(40)52)30-13-4-3-5-14-30/h3-10,13-20,23-26,29,39-42,57H,11-12,21-22,27-28H2,1-2H3/t39-,40+,41-,42+/m0/s1. The van der Waals surface area contributed by atoms with Crippen molar-refractivity contribution >= 4 is 11.8 Å². The van der Waals surface area contributed by atoms with Gasteiger partial charge in [-0.05, 0) is 61.1 Å². The van der Waals surface area contributed by atoms with E-state index in [1.54, 1.807) is 57.6 Å². The van der Waals surface area contributed by atoms with Crippen molar-refractivity contribution in [1.82, 2.24) is 19.2 Å². The Bertz CT molecular complexity index is 2840. The summed E-state index contributed by atoms with van der Waals surface area (Å²) in [5.41, 5.74) is 2.11. The fourth-order valence-corrected chi connectivity index (χ4v) is 9.42. The predicted molar refractivity (Wildman–Crippen MR) is 230 cm³/mol. The van der Waals surface area contributed by atoms with E-state index in [0.717, 1.165) is 22.4 Å². The molecule has 4 aliphatic heterocycles. The number of para-hydroxylation sites is 2. The van der Waals surface area contributed by atoms with E-state index in [1.165, 1.54) is 18.3 Å². The molecule has 2 aromatic heterocycles. The van der Waals surface area contributed by atoms with Gasteiger partial charge < -0.3 is 29.1 Å². The van der Waals surface area contributed by atoms with E-state index >= 15 is 0 Å². The van der Waals surface area contributed by atoms with Crippen LogP contribution in [0, 0.1) is 0 Å². The summed E-state index contributed by atoms with van der Waals surface area (Å²) in [5.74, 6) is 0.0146. The summed E-state index contributed by atoms with van der Waals surface area (Å²) in [5, 5.41) is 15.2. The largest absolute Gasteiger partial charge is 0.502 e. The molecule has 14 nitrogen and oxygen atoms in total. The third-order valence-electron chi connectivity index (χ3n) is 12.3. The molecule has 314 valence electrons. The highest BCUT2D eigenvalue weighted by Crippen LogP contribution is 2.43. The number of nitrogens with zero attached hydrogens (tertiary/aromatic N) is 6. The Labute approximate surface area is 356 Å². The highest BCUT2D eigenvalue weighted by Gasteiger charge is 2.45. The van der Waals surface area contributed by atoms with Gasteiger partial charge >= 0.3 is 0 Å². The minimum absolute atomic E-state index is 0.0750. The average molecular weight is 833 g/mol. The van der Waals surface area contributed by atoms with Crippen molar-refractivity contribution in [3.63, 3.8) is 0 Å². The molecule has 1 N–H and O–H groups in total. The molecule has 62 heavy (non-hydrogen) atoms. The minimum atomic E-state index is -0.674. The summed E-state index contributed by atoms with van der Waals surface area (Å²) in [7, 11) is 3.42. The average Bonchev–Trinajstić information content (AvgIpc) is 3.43. The first-order chi connectivity index (χ1) is 30.2. The minimum Gasteiger partial charge on any atom is -0.502 e. The fraction of sp³-hybridized carbons (Fsp3) is 0.250. The number of pyridine rings is 2. The van der Waals surface area contributed by atoms with Gasteiger partial charge in [0.25, 0.3) is 11.8 Å². The molecule has 0 unspecified atom stereocenters. The summed E-state index contributed by atoms with van der Waals surface area (Å²) < 4.78 is 22.7. The number of benzene rings is 4. The lowest BCUT2D eigenvalue weighted by Crippen LogP contribution is -2.61. The molecule has 0 fully saturated rings. The Morgan fingerprint density at radius 1 is 0.581 bits per heavy atom. The van der Waals surface area contributed by atoms with Gasteiger partial charge in [-0.1, -0.05) is 78.9 Å². The van der Waals surface area contributed by atoms with Gasteiger partial charge in [0, 0.05) is 49.7 Å². The van der Waals surface area contributed by atoms with Gasteiger partial charge in [-0.2, -0.15) is 0 Å². The molecule has 0 aliphatic carbocycles. The number of fused-ring (bicyclic) bond motifs is 8. The smallest absolute Gasteiger partial charge is 0.277 e. The van der Waals surface area contributed by atoms with Crippen molar-refractivity contribution in [3.8, 4) is 28.7 Å². The molecule has 10 rings (SSSR count). The van der Waals surface area contributed by atoms with Crippen LogP contribution in [-0.4, -0.2) is 75.7 Å². The van der Waals surface area contributed by atoms with E-state index in [1.807, 2.05) is 77.8 Å². The molecule has 2 amide bonds. The molecule has 0 radical (unpaired) electrons. The fourth-order valence-electron chi connectivity index (χ4n) is 9.42. The second kappa shape index (κ2) is 15.5. The first-order valence-electron chi connectivity index (χ1n) is 20.8. The SMILES string of the molecule is CN1C(=O)c2c(Oc3cccc([C@@H]4c5ccccc5OCCC[C@H]5N(C)C(=O)c6c(O)c(=O)ccn6N45)c3)c(=O)ccn2N2[C@@H](c3ccccc3)c3ccccc3OCCC[C@H]12. The molecule has 0 saturated heterocycles. The maximum Gasteiger partial charge on any atom is 0.277 e. The van der Waals surface area contributed by atoms with Crippen LogP contribution in [0.1, 0.15) is 81.0 Å². The Morgan fingerprint density at radius 3 is 1.73 bits per heavy atom. The number of amides is 2. The van der Waals surface area contributed by atoms with Crippen molar-refractivity contribution in [2.24, 2.45) is 0 Å². The maximum atomic E-state index is 14.7. The lowest BCUT2D eigenvalue weighted by atomic mass is 9.95. The van der Waals surface area contributed by atoms with Crippen LogP contribution in [0.5, 0.6) is 28.7 Å². The van der Waals surface area contributed by atoms with E-state index in [0.29, 0.717) is 50.2 Å². The highest BCUT2D eigenvalue weighted by molar-refractivity contribution is 5.97. The Kier molecular flexibility index (Phi) is 9.69. The second-order valence-electron chi connectivity index (χ2n) is 15.9. The van der Waals surface area contributed by atoms with Crippen molar-refractivity contribution in [1.29, 1.82) is 0 Å². The van der Waals surface area contributed by atoms with E-state index in [-0.39, 0.29) is 28.8 Å². The molecule has 0 bridgehead atoms. The number of rotatable bonds is 4. The van der Waals surface area contributed by atoms with Crippen molar-refractivity contribution in [3.05, 3.63) is 182 Å². The van der Waals surface area contributed by atoms with Crippen LogP contribution in [0.3, 0.4) is 0 Å². The van der Waals surface area contributed by atoms with Crippen molar-refractivity contribution in [2.45, 2.75) is 50.1 Å².